The second kappa shape index (κ2) is 12.1. The Morgan fingerprint density at radius 2 is 1.66 bits per heavy atom. The van der Waals surface area contributed by atoms with Crippen LogP contribution in [0.5, 0.6) is 0 Å². The molecule has 0 unspecified atom stereocenters. The Morgan fingerprint density at radius 1 is 0.947 bits per heavy atom. The highest BCUT2D eigenvalue weighted by atomic mass is 35.5. The maximum Gasteiger partial charge on any atom is 0.243 e. The Bertz CT molecular complexity index is 1550. The van der Waals surface area contributed by atoms with Crippen LogP contribution in [0.25, 0.3) is 0 Å². The summed E-state index contributed by atoms with van der Waals surface area (Å²) in [4.78, 5) is 17.0. The molecule has 0 saturated carbocycles. The molecule has 0 radical (unpaired) electrons. The molecule has 0 spiro atoms. The molecule has 192 valence electrons. The third-order valence-corrected chi connectivity index (χ3v) is 8.39. The van der Waals surface area contributed by atoms with Crippen molar-refractivity contribution in [3.63, 3.8) is 0 Å². The predicted molar refractivity (Wildman–Crippen MR) is 147 cm³/mol. The van der Waals surface area contributed by atoms with Gasteiger partial charge in [-0.3, -0.25) is 9.78 Å². The number of nitriles is 1. The van der Waals surface area contributed by atoms with Crippen LogP contribution in [-0.2, 0) is 34.2 Å². The van der Waals surface area contributed by atoms with Gasteiger partial charge in [0.2, 0.25) is 10.0 Å². The lowest BCUT2D eigenvalue weighted by Crippen LogP contribution is -2.33. The van der Waals surface area contributed by atoms with Gasteiger partial charge in [0.1, 0.15) is 5.78 Å². The van der Waals surface area contributed by atoms with E-state index in [0.717, 1.165) is 16.7 Å². The summed E-state index contributed by atoms with van der Waals surface area (Å²) in [6.07, 6.45) is 2.18. The fourth-order valence-corrected chi connectivity index (χ4v) is 5.97. The second-order valence-electron chi connectivity index (χ2n) is 8.95. The molecule has 1 aromatic heterocycles. The van der Waals surface area contributed by atoms with Crippen molar-refractivity contribution in [3.05, 3.63) is 130 Å². The van der Waals surface area contributed by atoms with Crippen molar-refractivity contribution in [3.8, 4) is 6.07 Å². The SMILES string of the molecule is C[C@H](c1ccc(CC(=O)Cc2cccc(Cl)c2)cc1)N(Cc1ccccn1)S(=O)(=O)c1ccc(C#N)cc1. The monoisotopic (exact) mass is 543 g/mol. The van der Waals surface area contributed by atoms with Gasteiger partial charge in [0.15, 0.2) is 0 Å². The quantitative estimate of drug-likeness (QED) is 0.248. The summed E-state index contributed by atoms with van der Waals surface area (Å²) >= 11 is 6.02. The van der Waals surface area contributed by atoms with Crippen LogP contribution in [0.2, 0.25) is 5.02 Å². The summed E-state index contributed by atoms with van der Waals surface area (Å²) in [6.45, 7) is 1.90. The third kappa shape index (κ3) is 6.73. The summed E-state index contributed by atoms with van der Waals surface area (Å²) in [5.74, 6) is 0.0632. The largest absolute Gasteiger partial charge is 0.299 e. The summed E-state index contributed by atoms with van der Waals surface area (Å²) in [5.41, 5.74) is 3.49. The molecule has 0 N–H and O–H groups in total. The van der Waals surface area contributed by atoms with Gasteiger partial charge >= 0.3 is 0 Å². The molecule has 6 nitrogen and oxygen atoms in total. The standard InChI is InChI=1S/C30H26ClN3O3S/c1-22(26-12-8-23(9-13-26)18-29(35)19-25-5-4-6-27(31)17-25)34(21-28-7-2-3-16-33-28)38(36,37)30-14-10-24(20-32)11-15-30/h2-17,22H,18-19,21H2,1H3/t22-/m1/s1. The molecule has 0 fully saturated rings. The van der Waals surface area contributed by atoms with E-state index in [1.54, 1.807) is 30.5 Å². The van der Waals surface area contributed by atoms with Crippen molar-refractivity contribution >= 4 is 27.4 Å². The van der Waals surface area contributed by atoms with E-state index < -0.39 is 16.1 Å². The number of Topliss-reactive ketones (excluding diaryl/α,β-unsaturated/α-hetero) is 1. The van der Waals surface area contributed by atoms with Crippen molar-refractivity contribution in [2.75, 3.05) is 0 Å². The van der Waals surface area contributed by atoms with Crippen molar-refractivity contribution in [2.24, 2.45) is 0 Å². The number of pyridine rings is 1. The summed E-state index contributed by atoms with van der Waals surface area (Å²) < 4.78 is 28.8. The van der Waals surface area contributed by atoms with Crippen LogP contribution in [0.1, 0.15) is 40.9 Å². The average Bonchev–Trinajstić information content (AvgIpc) is 2.92. The van der Waals surface area contributed by atoms with E-state index in [4.69, 9.17) is 16.9 Å². The van der Waals surface area contributed by atoms with E-state index in [2.05, 4.69) is 4.98 Å². The second-order valence-corrected chi connectivity index (χ2v) is 11.3. The zero-order chi connectivity index (χ0) is 27.1. The zero-order valence-electron chi connectivity index (χ0n) is 20.8. The molecule has 0 saturated heterocycles. The van der Waals surface area contributed by atoms with Gasteiger partial charge in [-0.25, -0.2) is 8.42 Å². The van der Waals surface area contributed by atoms with E-state index in [-0.39, 0.29) is 23.6 Å². The lowest BCUT2D eigenvalue weighted by atomic mass is 10.0. The fraction of sp³-hybridized carbons (Fsp3) is 0.167. The van der Waals surface area contributed by atoms with Crippen LogP contribution in [0, 0.1) is 11.3 Å². The molecule has 1 heterocycles. The molecule has 4 rings (SSSR count). The number of aromatic nitrogens is 1. The number of hydrogen-bond acceptors (Lipinski definition) is 5. The lowest BCUT2D eigenvalue weighted by Gasteiger charge is -2.28. The molecule has 8 heteroatoms. The number of benzene rings is 3. The molecule has 0 amide bonds. The van der Waals surface area contributed by atoms with Gasteiger partial charge < -0.3 is 0 Å². The highest BCUT2D eigenvalue weighted by Gasteiger charge is 2.30. The van der Waals surface area contributed by atoms with E-state index in [1.165, 1.54) is 28.6 Å². The number of carbonyl (C=O) groups excluding carboxylic acids is 1. The summed E-state index contributed by atoms with van der Waals surface area (Å²) in [7, 11) is -3.92. The van der Waals surface area contributed by atoms with Gasteiger partial charge in [-0.2, -0.15) is 9.57 Å². The van der Waals surface area contributed by atoms with Crippen LogP contribution >= 0.6 is 11.6 Å². The minimum Gasteiger partial charge on any atom is -0.299 e. The van der Waals surface area contributed by atoms with Crippen molar-refractivity contribution in [1.29, 1.82) is 5.26 Å². The van der Waals surface area contributed by atoms with E-state index in [0.29, 0.717) is 22.7 Å². The topological polar surface area (TPSA) is 91.1 Å². The molecule has 3 aromatic carbocycles. The predicted octanol–water partition coefficient (Wildman–Crippen LogP) is 5.91. The van der Waals surface area contributed by atoms with Gasteiger partial charge in [-0.15, -0.1) is 0 Å². The van der Waals surface area contributed by atoms with Crippen molar-refractivity contribution in [2.45, 2.75) is 37.2 Å². The van der Waals surface area contributed by atoms with Crippen LogP contribution in [-0.4, -0.2) is 23.5 Å². The Balaban J connectivity index is 1.55. The van der Waals surface area contributed by atoms with Gasteiger partial charge in [0, 0.05) is 30.1 Å². The number of nitrogens with zero attached hydrogens (tertiary/aromatic N) is 3. The summed E-state index contributed by atoms with van der Waals surface area (Å²) in [6, 6.07) is 27.4. The van der Waals surface area contributed by atoms with Gasteiger partial charge in [0.05, 0.1) is 28.8 Å². The molecular formula is C30H26ClN3O3S. The molecule has 0 bridgehead atoms. The highest BCUT2D eigenvalue weighted by Crippen LogP contribution is 2.30. The van der Waals surface area contributed by atoms with Crippen LogP contribution in [0.15, 0.2) is 102 Å². The molecular weight excluding hydrogens is 518 g/mol. The minimum atomic E-state index is -3.92. The first kappa shape index (κ1) is 27.2. The third-order valence-electron chi connectivity index (χ3n) is 6.22. The highest BCUT2D eigenvalue weighted by molar-refractivity contribution is 7.89. The normalized spacial score (nSPS) is 12.2. The van der Waals surface area contributed by atoms with Crippen LogP contribution in [0.3, 0.4) is 0 Å². The Kier molecular flexibility index (Phi) is 8.70. The minimum absolute atomic E-state index is 0.0632. The van der Waals surface area contributed by atoms with Crippen molar-refractivity contribution < 1.29 is 13.2 Å². The van der Waals surface area contributed by atoms with E-state index >= 15 is 0 Å². The Labute approximate surface area is 228 Å². The number of halogens is 1. The molecule has 0 aliphatic rings. The van der Waals surface area contributed by atoms with E-state index in [1.807, 2.05) is 55.5 Å². The number of ketones is 1. The molecule has 38 heavy (non-hydrogen) atoms. The maximum atomic E-state index is 13.7. The number of rotatable bonds is 10. The first-order valence-electron chi connectivity index (χ1n) is 12.0. The average molecular weight is 544 g/mol. The van der Waals surface area contributed by atoms with Gasteiger partial charge in [0.25, 0.3) is 0 Å². The van der Waals surface area contributed by atoms with Gasteiger partial charge in [-0.05, 0) is 72.1 Å². The number of sulfonamides is 1. The smallest absolute Gasteiger partial charge is 0.243 e. The van der Waals surface area contributed by atoms with Crippen molar-refractivity contribution in [1.82, 2.24) is 9.29 Å². The fourth-order valence-electron chi connectivity index (χ4n) is 4.16. The van der Waals surface area contributed by atoms with Crippen LogP contribution < -0.4 is 0 Å². The summed E-state index contributed by atoms with van der Waals surface area (Å²) in [5, 5.41) is 9.69. The first-order valence-corrected chi connectivity index (χ1v) is 13.8. The zero-order valence-corrected chi connectivity index (χ0v) is 22.4. The molecule has 1 atom stereocenters. The first-order chi connectivity index (χ1) is 18.3. The maximum absolute atomic E-state index is 13.7. The molecule has 0 aliphatic heterocycles. The number of carbonyl (C=O) groups is 1. The van der Waals surface area contributed by atoms with E-state index in [9.17, 15) is 13.2 Å². The Morgan fingerprint density at radius 3 is 2.29 bits per heavy atom. The molecule has 0 aliphatic carbocycles. The molecule has 4 aromatic rings. The van der Waals surface area contributed by atoms with Gasteiger partial charge in [-0.1, -0.05) is 54.1 Å². The Hall–Kier alpha value is -3.83. The van der Waals surface area contributed by atoms with Crippen LogP contribution in [0.4, 0.5) is 0 Å². The lowest BCUT2D eigenvalue weighted by molar-refractivity contribution is -0.117. The number of hydrogen-bond donors (Lipinski definition) is 0.